The van der Waals surface area contributed by atoms with Gasteiger partial charge in [-0.15, -0.1) is 0 Å². The average molecular weight is 268 g/mol. The molecule has 0 aromatic rings. The van der Waals surface area contributed by atoms with Crippen LogP contribution in [0.5, 0.6) is 0 Å². The molecule has 1 heterocycles. The van der Waals surface area contributed by atoms with E-state index in [1.807, 2.05) is 13.8 Å². The van der Waals surface area contributed by atoms with Crippen LogP contribution in [0.2, 0.25) is 0 Å². The molecule has 0 saturated carbocycles. The maximum atomic E-state index is 12.5. The first-order chi connectivity index (χ1) is 8.32. The fourth-order valence-corrected chi connectivity index (χ4v) is 2.86. The van der Waals surface area contributed by atoms with Crippen LogP contribution in [-0.2, 0) is 4.79 Å². The van der Waals surface area contributed by atoms with Crippen LogP contribution in [0.4, 0.5) is 0 Å². The Morgan fingerprint density at radius 3 is 2.16 bits per heavy atom. The number of hydrogen-bond donors (Lipinski definition) is 1. The fourth-order valence-electron chi connectivity index (χ4n) is 2.86. The van der Waals surface area contributed by atoms with Crippen LogP contribution < -0.4 is 5.73 Å². The number of amides is 1. The van der Waals surface area contributed by atoms with Gasteiger partial charge in [-0.2, -0.15) is 0 Å². The number of piperidine rings is 1. The Bertz CT molecular complexity index is 334. The highest BCUT2D eigenvalue weighted by atomic mass is 16.2. The summed E-state index contributed by atoms with van der Waals surface area (Å²) in [7, 11) is 0. The van der Waals surface area contributed by atoms with Gasteiger partial charge in [0, 0.05) is 24.5 Å². The van der Waals surface area contributed by atoms with Gasteiger partial charge >= 0.3 is 0 Å². The molecule has 0 aliphatic carbocycles. The Morgan fingerprint density at radius 2 is 1.79 bits per heavy atom. The Morgan fingerprint density at radius 1 is 1.26 bits per heavy atom. The second-order valence-electron chi connectivity index (χ2n) is 8.75. The zero-order valence-corrected chi connectivity index (χ0v) is 13.8. The molecule has 0 radical (unpaired) electrons. The Kier molecular flexibility index (Phi) is 4.41. The number of likely N-dealkylation sites (tertiary alicyclic amines) is 1. The molecule has 3 heteroatoms. The van der Waals surface area contributed by atoms with Gasteiger partial charge in [0.2, 0.25) is 5.91 Å². The lowest BCUT2D eigenvalue weighted by molar-refractivity contribution is -0.143. The topological polar surface area (TPSA) is 46.3 Å². The number of nitrogens with zero attached hydrogens (tertiary/aromatic N) is 1. The largest absolute Gasteiger partial charge is 0.339 e. The molecule has 112 valence electrons. The van der Waals surface area contributed by atoms with Crippen molar-refractivity contribution >= 4 is 5.91 Å². The van der Waals surface area contributed by atoms with Crippen molar-refractivity contribution in [2.45, 2.75) is 79.3 Å². The first-order valence-corrected chi connectivity index (χ1v) is 7.40. The lowest BCUT2D eigenvalue weighted by Crippen LogP contribution is -2.55. The van der Waals surface area contributed by atoms with E-state index in [1.54, 1.807) is 0 Å². The summed E-state index contributed by atoms with van der Waals surface area (Å²) in [6, 6.07) is 0.219. The second-order valence-corrected chi connectivity index (χ2v) is 8.75. The van der Waals surface area contributed by atoms with E-state index in [1.165, 1.54) is 0 Å². The minimum Gasteiger partial charge on any atom is -0.339 e. The highest BCUT2D eigenvalue weighted by Gasteiger charge is 2.40. The molecule has 0 aromatic carbocycles. The first-order valence-electron chi connectivity index (χ1n) is 7.40. The van der Waals surface area contributed by atoms with Gasteiger partial charge in [-0.05, 0) is 37.5 Å². The zero-order chi connectivity index (χ0) is 15.1. The SMILES string of the molecule is CC(C)(N)CC(N1CCC(C)(C)CC1=O)C(C)(C)C. The fraction of sp³-hybridized carbons (Fsp3) is 0.938. The molecule has 1 aliphatic rings. The van der Waals surface area contributed by atoms with Crippen molar-refractivity contribution in [2.24, 2.45) is 16.6 Å². The van der Waals surface area contributed by atoms with E-state index in [0.29, 0.717) is 12.3 Å². The Hall–Kier alpha value is -0.570. The lowest BCUT2D eigenvalue weighted by Gasteiger charge is -2.47. The van der Waals surface area contributed by atoms with Crippen LogP contribution in [0.3, 0.4) is 0 Å². The van der Waals surface area contributed by atoms with E-state index in [4.69, 9.17) is 5.73 Å². The monoisotopic (exact) mass is 268 g/mol. The van der Waals surface area contributed by atoms with Gasteiger partial charge < -0.3 is 10.6 Å². The summed E-state index contributed by atoms with van der Waals surface area (Å²) in [4.78, 5) is 14.6. The summed E-state index contributed by atoms with van der Waals surface area (Å²) in [5.41, 5.74) is 6.17. The minimum absolute atomic E-state index is 0.0633. The van der Waals surface area contributed by atoms with E-state index in [0.717, 1.165) is 19.4 Å². The molecule has 1 amide bonds. The van der Waals surface area contributed by atoms with Crippen LogP contribution in [0.25, 0.3) is 0 Å². The number of rotatable bonds is 3. The summed E-state index contributed by atoms with van der Waals surface area (Å²) < 4.78 is 0. The molecule has 1 unspecified atom stereocenters. The van der Waals surface area contributed by atoms with Crippen molar-refractivity contribution in [1.82, 2.24) is 4.90 Å². The summed E-state index contributed by atoms with van der Waals surface area (Å²) in [6.07, 6.45) is 2.59. The highest BCUT2D eigenvalue weighted by molar-refractivity contribution is 5.78. The van der Waals surface area contributed by atoms with Gasteiger partial charge in [0.05, 0.1) is 0 Å². The molecule has 1 aliphatic heterocycles. The number of carbonyl (C=O) groups excluding carboxylic acids is 1. The van der Waals surface area contributed by atoms with Crippen molar-refractivity contribution in [3.8, 4) is 0 Å². The average Bonchev–Trinajstić information content (AvgIpc) is 2.10. The second kappa shape index (κ2) is 5.08. The van der Waals surface area contributed by atoms with Gasteiger partial charge in [-0.3, -0.25) is 4.79 Å². The lowest BCUT2D eigenvalue weighted by atomic mass is 9.75. The number of nitrogens with two attached hydrogens (primary N) is 1. The van der Waals surface area contributed by atoms with E-state index >= 15 is 0 Å². The van der Waals surface area contributed by atoms with E-state index in [2.05, 4.69) is 39.5 Å². The molecule has 2 N–H and O–H groups in total. The first kappa shape index (κ1) is 16.5. The molecule has 1 rings (SSSR count). The van der Waals surface area contributed by atoms with Gasteiger partial charge in [0.25, 0.3) is 0 Å². The van der Waals surface area contributed by atoms with Crippen LogP contribution in [0, 0.1) is 10.8 Å². The van der Waals surface area contributed by atoms with Gasteiger partial charge in [-0.25, -0.2) is 0 Å². The standard InChI is InChI=1S/C16H32N2O/c1-14(2,3)12(10-16(6,7)17)18-9-8-15(4,5)11-13(18)19/h12H,8-11,17H2,1-7H3. The predicted molar refractivity (Wildman–Crippen MR) is 80.9 cm³/mol. The van der Waals surface area contributed by atoms with Crippen molar-refractivity contribution in [1.29, 1.82) is 0 Å². The van der Waals surface area contributed by atoms with Crippen LogP contribution in [0.1, 0.15) is 67.7 Å². The third-order valence-corrected chi connectivity index (χ3v) is 4.07. The van der Waals surface area contributed by atoms with Gasteiger partial charge in [0.15, 0.2) is 0 Å². The highest BCUT2D eigenvalue weighted by Crippen LogP contribution is 2.37. The number of hydrogen-bond acceptors (Lipinski definition) is 2. The summed E-state index contributed by atoms with van der Waals surface area (Å²) in [5, 5.41) is 0. The van der Waals surface area contributed by atoms with Crippen LogP contribution in [-0.4, -0.2) is 28.9 Å². The maximum Gasteiger partial charge on any atom is 0.223 e. The summed E-state index contributed by atoms with van der Waals surface area (Å²) in [6.45, 7) is 15.9. The van der Waals surface area contributed by atoms with Crippen molar-refractivity contribution < 1.29 is 4.79 Å². The van der Waals surface area contributed by atoms with E-state index in [9.17, 15) is 4.79 Å². The normalized spacial score (nSPS) is 22.5. The Labute approximate surface area is 118 Å². The van der Waals surface area contributed by atoms with Gasteiger partial charge in [0.1, 0.15) is 0 Å². The zero-order valence-electron chi connectivity index (χ0n) is 13.8. The molecular weight excluding hydrogens is 236 g/mol. The van der Waals surface area contributed by atoms with Crippen molar-refractivity contribution in [3.05, 3.63) is 0 Å². The molecule has 0 aromatic heterocycles. The molecule has 0 bridgehead atoms. The minimum atomic E-state index is -0.245. The predicted octanol–water partition coefficient (Wildman–Crippen LogP) is 3.18. The van der Waals surface area contributed by atoms with Crippen LogP contribution >= 0.6 is 0 Å². The number of carbonyl (C=O) groups is 1. The quantitative estimate of drug-likeness (QED) is 0.854. The third kappa shape index (κ3) is 4.79. The molecule has 1 atom stereocenters. The molecular formula is C16H32N2O. The molecule has 19 heavy (non-hydrogen) atoms. The Balaban J connectivity index is 2.91. The van der Waals surface area contributed by atoms with Gasteiger partial charge in [-0.1, -0.05) is 34.6 Å². The van der Waals surface area contributed by atoms with Crippen LogP contribution in [0.15, 0.2) is 0 Å². The molecule has 1 fully saturated rings. The van der Waals surface area contributed by atoms with Crippen molar-refractivity contribution in [2.75, 3.05) is 6.54 Å². The van der Waals surface area contributed by atoms with E-state index < -0.39 is 0 Å². The molecule has 1 saturated heterocycles. The molecule has 3 nitrogen and oxygen atoms in total. The maximum absolute atomic E-state index is 12.5. The molecule has 0 spiro atoms. The third-order valence-electron chi connectivity index (χ3n) is 4.07. The van der Waals surface area contributed by atoms with Crippen molar-refractivity contribution in [3.63, 3.8) is 0 Å². The summed E-state index contributed by atoms with van der Waals surface area (Å²) >= 11 is 0. The van der Waals surface area contributed by atoms with E-state index in [-0.39, 0.29) is 22.4 Å². The smallest absolute Gasteiger partial charge is 0.223 e. The summed E-state index contributed by atoms with van der Waals surface area (Å²) in [5.74, 6) is 0.292.